The molecule has 0 unspecified atom stereocenters. The zero-order valence-electron chi connectivity index (χ0n) is 8.75. The van der Waals surface area contributed by atoms with Crippen LogP contribution in [0.4, 0.5) is 0 Å². The zero-order valence-corrected chi connectivity index (χ0v) is 9.51. The van der Waals surface area contributed by atoms with E-state index in [9.17, 15) is 0 Å². The topological polar surface area (TPSA) is 33.0 Å². The van der Waals surface area contributed by atoms with E-state index in [4.69, 9.17) is 21.6 Å². The highest BCUT2D eigenvalue weighted by molar-refractivity contribution is 6.19. The number of hydrogen-bond donors (Lipinski definition) is 0. The van der Waals surface area contributed by atoms with Crippen molar-refractivity contribution in [1.29, 1.82) is 5.26 Å². The molecule has 0 N–H and O–H groups in total. The molecule has 0 aliphatic heterocycles. The maximum absolute atomic E-state index is 8.89. The molecule has 0 aromatic heterocycles. The molecule has 1 rings (SSSR count). The summed E-state index contributed by atoms with van der Waals surface area (Å²) in [4.78, 5) is 0. The monoisotopic (exact) mass is 221 g/mol. The first-order valence-electron chi connectivity index (χ1n) is 4.52. The molecule has 78 valence electrons. The first kappa shape index (κ1) is 11.6. The number of halogens is 1. The van der Waals surface area contributed by atoms with Gasteiger partial charge in [-0.3, -0.25) is 0 Å². The number of alkyl halides is 1. The summed E-state index contributed by atoms with van der Waals surface area (Å²) in [5, 5.41) is 8.89. The summed E-state index contributed by atoms with van der Waals surface area (Å²) in [6.07, 6.45) is 1.95. The van der Waals surface area contributed by atoms with Crippen molar-refractivity contribution >= 4 is 17.7 Å². The van der Waals surface area contributed by atoms with Gasteiger partial charge in [0.05, 0.1) is 12.7 Å². The lowest BCUT2D eigenvalue weighted by Gasteiger charge is -2.03. The van der Waals surface area contributed by atoms with Gasteiger partial charge in [-0.15, -0.1) is 11.6 Å². The van der Waals surface area contributed by atoms with Crippen LogP contribution in [-0.4, -0.2) is 13.0 Å². The largest absolute Gasteiger partial charge is 0.495 e. The molecule has 0 heterocycles. The van der Waals surface area contributed by atoms with E-state index >= 15 is 0 Å². The minimum atomic E-state index is 0.494. The quantitative estimate of drug-likeness (QED) is 0.735. The van der Waals surface area contributed by atoms with Crippen LogP contribution in [0.3, 0.4) is 0 Å². The fourth-order valence-electron chi connectivity index (χ4n) is 1.23. The Morgan fingerprint density at radius 1 is 1.60 bits per heavy atom. The second kappa shape index (κ2) is 5.43. The Balaban J connectivity index is 3.10. The maximum atomic E-state index is 8.89. The third-order valence-electron chi connectivity index (χ3n) is 1.97. The van der Waals surface area contributed by atoms with Gasteiger partial charge in [-0.25, -0.2) is 0 Å². The number of nitriles is 1. The molecule has 2 nitrogen and oxygen atoms in total. The molecule has 0 saturated carbocycles. The lowest BCUT2D eigenvalue weighted by Crippen LogP contribution is -1.88. The van der Waals surface area contributed by atoms with Gasteiger partial charge in [0.2, 0.25) is 0 Å². The van der Waals surface area contributed by atoms with Crippen LogP contribution in [0.5, 0.6) is 5.75 Å². The Morgan fingerprint density at radius 2 is 2.33 bits per heavy atom. The number of hydrogen-bond acceptors (Lipinski definition) is 2. The molecule has 1 aromatic rings. The maximum Gasteiger partial charge on any atom is 0.136 e. The van der Waals surface area contributed by atoms with E-state index in [1.165, 1.54) is 0 Å². The van der Waals surface area contributed by atoms with Crippen LogP contribution in [0, 0.1) is 11.3 Å². The highest BCUT2D eigenvalue weighted by Gasteiger charge is 2.02. The summed E-state index contributed by atoms with van der Waals surface area (Å²) in [6, 6.07) is 7.56. The van der Waals surface area contributed by atoms with Crippen LogP contribution < -0.4 is 4.74 Å². The lowest BCUT2D eigenvalue weighted by molar-refractivity contribution is 0.413. The summed E-state index contributed by atoms with van der Waals surface area (Å²) in [6.45, 7) is 1.95. The number of ether oxygens (including phenoxy) is 1. The molecule has 0 amide bonds. The molecule has 0 fully saturated rings. The average Bonchev–Trinajstić information content (AvgIpc) is 2.28. The Labute approximate surface area is 94.7 Å². The fourth-order valence-corrected chi connectivity index (χ4v) is 1.30. The lowest BCUT2D eigenvalue weighted by atomic mass is 10.1. The van der Waals surface area contributed by atoms with E-state index in [0.717, 1.165) is 11.1 Å². The predicted molar refractivity (Wildman–Crippen MR) is 62.1 cm³/mol. The number of allylic oxidation sites excluding steroid dienone is 1. The Bertz CT molecular complexity index is 418. The van der Waals surface area contributed by atoms with Gasteiger partial charge < -0.3 is 4.74 Å². The number of methoxy groups -OCH3 is 1. The van der Waals surface area contributed by atoms with Gasteiger partial charge in [0.15, 0.2) is 0 Å². The Hall–Kier alpha value is -1.46. The van der Waals surface area contributed by atoms with Crippen LogP contribution in [0.2, 0.25) is 0 Å². The molecular weight excluding hydrogens is 210 g/mol. The number of nitrogens with zero attached hydrogens (tertiary/aromatic N) is 1. The number of benzene rings is 1. The molecule has 0 aliphatic carbocycles. The minimum absolute atomic E-state index is 0.494. The van der Waals surface area contributed by atoms with Crippen LogP contribution in [0.1, 0.15) is 18.1 Å². The highest BCUT2D eigenvalue weighted by atomic mass is 35.5. The summed E-state index contributed by atoms with van der Waals surface area (Å²) in [7, 11) is 1.55. The summed E-state index contributed by atoms with van der Waals surface area (Å²) >= 11 is 5.68. The van der Waals surface area contributed by atoms with E-state index in [0.29, 0.717) is 17.2 Å². The molecule has 0 saturated heterocycles. The van der Waals surface area contributed by atoms with E-state index in [-0.39, 0.29) is 0 Å². The molecule has 15 heavy (non-hydrogen) atoms. The molecular formula is C12H12ClNO. The predicted octanol–water partition coefficient (Wildman–Crippen LogP) is 3.21. The molecule has 0 radical (unpaired) electrons. The molecule has 1 aromatic carbocycles. The van der Waals surface area contributed by atoms with Crippen molar-refractivity contribution < 1.29 is 4.74 Å². The van der Waals surface area contributed by atoms with Crippen LogP contribution in [-0.2, 0) is 0 Å². The Kier molecular flexibility index (Phi) is 4.20. The normalized spacial score (nSPS) is 10.9. The van der Waals surface area contributed by atoms with E-state index in [2.05, 4.69) is 6.07 Å². The van der Waals surface area contributed by atoms with Crippen molar-refractivity contribution in [3.8, 4) is 11.8 Å². The first-order chi connectivity index (χ1) is 7.21. The fraction of sp³-hybridized carbons (Fsp3) is 0.250. The van der Waals surface area contributed by atoms with E-state index in [1.807, 2.05) is 19.1 Å². The standard InChI is InChI=1S/C12H12ClNO/c1-9(7-13)5-10-3-4-12(15-2)11(6-10)8-14/h3-6H,7H2,1-2H3. The van der Waals surface area contributed by atoms with Gasteiger partial charge >= 0.3 is 0 Å². The molecule has 0 bridgehead atoms. The smallest absolute Gasteiger partial charge is 0.136 e. The van der Waals surface area contributed by atoms with Crippen molar-refractivity contribution in [2.75, 3.05) is 13.0 Å². The van der Waals surface area contributed by atoms with Crippen molar-refractivity contribution in [1.82, 2.24) is 0 Å². The molecule has 0 aliphatic rings. The highest BCUT2D eigenvalue weighted by Crippen LogP contribution is 2.20. The van der Waals surface area contributed by atoms with Gasteiger partial charge in [-0.1, -0.05) is 17.7 Å². The minimum Gasteiger partial charge on any atom is -0.495 e. The van der Waals surface area contributed by atoms with E-state index < -0.39 is 0 Å². The molecule has 0 spiro atoms. The third kappa shape index (κ3) is 3.00. The van der Waals surface area contributed by atoms with Crippen LogP contribution >= 0.6 is 11.6 Å². The van der Waals surface area contributed by atoms with E-state index in [1.54, 1.807) is 19.2 Å². The number of rotatable bonds is 3. The van der Waals surface area contributed by atoms with Gasteiger partial charge in [0.1, 0.15) is 11.8 Å². The van der Waals surface area contributed by atoms with Crippen LogP contribution in [0.25, 0.3) is 6.08 Å². The van der Waals surface area contributed by atoms with Gasteiger partial charge in [-0.05, 0) is 24.6 Å². The molecule has 0 atom stereocenters. The van der Waals surface area contributed by atoms with Gasteiger partial charge in [-0.2, -0.15) is 5.26 Å². The zero-order chi connectivity index (χ0) is 11.3. The van der Waals surface area contributed by atoms with Gasteiger partial charge in [0.25, 0.3) is 0 Å². The molecule has 3 heteroatoms. The summed E-state index contributed by atoms with van der Waals surface area (Å²) in [5.41, 5.74) is 2.56. The van der Waals surface area contributed by atoms with Gasteiger partial charge in [0, 0.05) is 5.88 Å². The summed E-state index contributed by atoms with van der Waals surface area (Å²) in [5.74, 6) is 1.09. The van der Waals surface area contributed by atoms with Crippen molar-refractivity contribution in [3.05, 3.63) is 34.9 Å². The second-order valence-electron chi connectivity index (χ2n) is 3.20. The average molecular weight is 222 g/mol. The van der Waals surface area contributed by atoms with Crippen molar-refractivity contribution in [3.63, 3.8) is 0 Å². The summed E-state index contributed by atoms with van der Waals surface area (Å²) < 4.78 is 5.05. The van der Waals surface area contributed by atoms with Crippen LogP contribution in [0.15, 0.2) is 23.8 Å². The Morgan fingerprint density at radius 3 is 2.87 bits per heavy atom. The second-order valence-corrected chi connectivity index (χ2v) is 3.46. The third-order valence-corrected chi connectivity index (χ3v) is 2.39. The SMILES string of the molecule is COc1ccc(C=C(C)CCl)cc1C#N. The van der Waals surface area contributed by atoms with Crippen molar-refractivity contribution in [2.45, 2.75) is 6.92 Å². The first-order valence-corrected chi connectivity index (χ1v) is 5.06. The van der Waals surface area contributed by atoms with Crippen molar-refractivity contribution in [2.24, 2.45) is 0 Å².